The van der Waals surface area contributed by atoms with E-state index in [9.17, 15) is 4.79 Å². The first kappa shape index (κ1) is 12.8. The van der Waals surface area contributed by atoms with Crippen LogP contribution in [0.15, 0.2) is 0 Å². The highest BCUT2D eigenvalue weighted by Crippen LogP contribution is 2.15. The van der Waals surface area contributed by atoms with E-state index in [1.165, 1.54) is 12.8 Å². The molecule has 2 unspecified atom stereocenters. The fraction of sp³-hybridized carbons (Fsp3) is 0.917. The molecule has 2 N–H and O–H groups in total. The molecule has 0 amide bonds. The largest absolute Gasteiger partial charge is 0.481 e. The van der Waals surface area contributed by atoms with Crippen LogP contribution in [0.3, 0.4) is 0 Å². The fourth-order valence-corrected chi connectivity index (χ4v) is 2.63. The maximum atomic E-state index is 10.5. The molecule has 5 nitrogen and oxygen atoms in total. The molecule has 0 aromatic rings. The number of hydrogen-bond donors (Lipinski definition) is 2. The SMILES string of the molecule is O=C(O)CCC1CN(CC2CCCO2)CCN1. The maximum Gasteiger partial charge on any atom is 0.303 e. The molecule has 0 radical (unpaired) electrons. The van der Waals surface area contributed by atoms with Crippen LogP contribution < -0.4 is 5.32 Å². The van der Waals surface area contributed by atoms with Gasteiger partial charge in [0.05, 0.1) is 6.10 Å². The monoisotopic (exact) mass is 242 g/mol. The fourth-order valence-electron chi connectivity index (χ4n) is 2.63. The van der Waals surface area contributed by atoms with E-state index in [1.807, 2.05) is 0 Å². The number of nitrogens with zero attached hydrogens (tertiary/aromatic N) is 1. The third-order valence-corrected chi connectivity index (χ3v) is 3.53. The van der Waals surface area contributed by atoms with Gasteiger partial charge in [-0.25, -0.2) is 0 Å². The molecule has 2 saturated heterocycles. The predicted molar refractivity (Wildman–Crippen MR) is 64.1 cm³/mol. The Kier molecular flexibility index (Phi) is 4.76. The van der Waals surface area contributed by atoms with Crippen LogP contribution in [0.1, 0.15) is 25.7 Å². The van der Waals surface area contributed by atoms with Gasteiger partial charge in [-0.3, -0.25) is 9.69 Å². The molecule has 0 saturated carbocycles. The highest BCUT2D eigenvalue weighted by Gasteiger charge is 2.24. The number of aliphatic carboxylic acids is 1. The van der Waals surface area contributed by atoms with Gasteiger partial charge in [0.1, 0.15) is 0 Å². The van der Waals surface area contributed by atoms with E-state index in [2.05, 4.69) is 10.2 Å². The van der Waals surface area contributed by atoms with E-state index in [1.54, 1.807) is 0 Å². The Morgan fingerprint density at radius 2 is 2.41 bits per heavy atom. The first-order chi connectivity index (χ1) is 8.24. The summed E-state index contributed by atoms with van der Waals surface area (Å²) in [5.41, 5.74) is 0. The van der Waals surface area contributed by atoms with Crippen molar-refractivity contribution in [3.8, 4) is 0 Å². The summed E-state index contributed by atoms with van der Waals surface area (Å²) in [5.74, 6) is -0.706. The molecule has 2 fully saturated rings. The first-order valence-corrected chi connectivity index (χ1v) is 6.53. The van der Waals surface area contributed by atoms with Crippen LogP contribution >= 0.6 is 0 Å². The van der Waals surface area contributed by atoms with Crippen LogP contribution in [0.25, 0.3) is 0 Å². The normalized spacial score (nSPS) is 30.6. The van der Waals surface area contributed by atoms with Gasteiger partial charge < -0.3 is 15.2 Å². The second-order valence-electron chi connectivity index (χ2n) is 4.98. The summed E-state index contributed by atoms with van der Waals surface area (Å²) in [4.78, 5) is 12.9. The zero-order valence-electron chi connectivity index (χ0n) is 10.2. The number of nitrogens with one attached hydrogen (secondary N) is 1. The molecule has 0 bridgehead atoms. The molecule has 98 valence electrons. The number of piperazine rings is 1. The molecule has 5 heteroatoms. The Hall–Kier alpha value is -0.650. The minimum absolute atomic E-state index is 0.255. The Bertz CT molecular complexity index is 254. The summed E-state index contributed by atoms with van der Waals surface area (Å²) in [6, 6.07) is 0.321. The van der Waals surface area contributed by atoms with Crippen LogP contribution in [-0.2, 0) is 9.53 Å². The summed E-state index contributed by atoms with van der Waals surface area (Å²) in [7, 11) is 0. The van der Waals surface area contributed by atoms with E-state index in [4.69, 9.17) is 9.84 Å². The molecule has 2 atom stereocenters. The van der Waals surface area contributed by atoms with Gasteiger partial charge in [0.2, 0.25) is 0 Å². The van der Waals surface area contributed by atoms with Crippen molar-refractivity contribution in [3.05, 3.63) is 0 Å². The third kappa shape index (κ3) is 4.26. The van der Waals surface area contributed by atoms with Crippen molar-refractivity contribution < 1.29 is 14.6 Å². The Labute approximate surface area is 102 Å². The Morgan fingerprint density at radius 1 is 1.53 bits per heavy atom. The number of hydrogen-bond acceptors (Lipinski definition) is 4. The summed E-state index contributed by atoms with van der Waals surface area (Å²) in [6.07, 6.45) is 3.72. The Morgan fingerprint density at radius 3 is 3.12 bits per heavy atom. The lowest BCUT2D eigenvalue weighted by Gasteiger charge is -2.34. The molecule has 2 heterocycles. The van der Waals surface area contributed by atoms with E-state index in [0.29, 0.717) is 12.1 Å². The molecule has 0 aromatic carbocycles. The summed E-state index contributed by atoms with van der Waals surface area (Å²) in [5, 5.41) is 12.1. The minimum atomic E-state index is -0.706. The van der Waals surface area contributed by atoms with Gasteiger partial charge >= 0.3 is 5.97 Å². The van der Waals surface area contributed by atoms with Crippen molar-refractivity contribution in [2.24, 2.45) is 0 Å². The summed E-state index contributed by atoms with van der Waals surface area (Å²) in [6.45, 7) is 4.86. The van der Waals surface area contributed by atoms with Gasteiger partial charge in [-0.05, 0) is 19.3 Å². The molecular formula is C12H22N2O3. The molecule has 0 spiro atoms. The van der Waals surface area contributed by atoms with Gasteiger partial charge in [0, 0.05) is 45.2 Å². The van der Waals surface area contributed by atoms with Gasteiger partial charge in [-0.1, -0.05) is 0 Å². The smallest absolute Gasteiger partial charge is 0.303 e. The lowest BCUT2D eigenvalue weighted by atomic mass is 10.1. The van der Waals surface area contributed by atoms with E-state index in [0.717, 1.165) is 39.2 Å². The molecule has 2 rings (SSSR count). The van der Waals surface area contributed by atoms with Gasteiger partial charge in [0.25, 0.3) is 0 Å². The quantitative estimate of drug-likeness (QED) is 0.726. The van der Waals surface area contributed by atoms with E-state index >= 15 is 0 Å². The molecular weight excluding hydrogens is 220 g/mol. The van der Waals surface area contributed by atoms with Crippen LogP contribution in [0.2, 0.25) is 0 Å². The van der Waals surface area contributed by atoms with Gasteiger partial charge in [0.15, 0.2) is 0 Å². The molecule has 2 aliphatic rings. The predicted octanol–water partition coefficient (Wildman–Crippen LogP) is 0.304. The average molecular weight is 242 g/mol. The Balaban J connectivity index is 1.70. The second-order valence-corrected chi connectivity index (χ2v) is 4.98. The highest BCUT2D eigenvalue weighted by molar-refractivity contribution is 5.66. The van der Waals surface area contributed by atoms with Crippen molar-refractivity contribution in [3.63, 3.8) is 0 Å². The number of carbonyl (C=O) groups is 1. The van der Waals surface area contributed by atoms with Crippen LogP contribution in [0.5, 0.6) is 0 Å². The number of rotatable bonds is 5. The zero-order chi connectivity index (χ0) is 12.1. The zero-order valence-corrected chi connectivity index (χ0v) is 10.2. The molecule has 2 aliphatic heterocycles. The average Bonchev–Trinajstić information content (AvgIpc) is 2.80. The van der Waals surface area contributed by atoms with Gasteiger partial charge in [-0.2, -0.15) is 0 Å². The lowest BCUT2D eigenvalue weighted by molar-refractivity contribution is -0.137. The van der Waals surface area contributed by atoms with Crippen LogP contribution in [0.4, 0.5) is 0 Å². The van der Waals surface area contributed by atoms with Crippen molar-refractivity contribution >= 4 is 5.97 Å². The second kappa shape index (κ2) is 6.33. The number of ether oxygens (including phenoxy) is 1. The van der Waals surface area contributed by atoms with Crippen molar-refractivity contribution in [2.75, 3.05) is 32.8 Å². The lowest BCUT2D eigenvalue weighted by Crippen LogP contribution is -2.52. The summed E-state index contributed by atoms with van der Waals surface area (Å²) >= 11 is 0. The maximum absolute atomic E-state index is 10.5. The molecule has 0 aliphatic carbocycles. The van der Waals surface area contributed by atoms with Crippen molar-refractivity contribution in [2.45, 2.75) is 37.8 Å². The summed E-state index contributed by atoms with van der Waals surface area (Å²) < 4.78 is 5.63. The number of carboxylic acid groups (broad SMARTS) is 1. The van der Waals surface area contributed by atoms with Crippen molar-refractivity contribution in [1.82, 2.24) is 10.2 Å². The minimum Gasteiger partial charge on any atom is -0.481 e. The molecule has 0 aromatic heterocycles. The first-order valence-electron chi connectivity index (χ1n) is 6.53. The number of carboxylic acids is 1. The highest BCUT2D eigenvalue weighted by atomic mass is 16.5. The van der Waals surface area contributed by atoms with Gasteiger partial charge in [-0.15, -0.1) is 0 Å². The van der Waals surface area contributed by atoms with E-state index < -0.39 is 5.97 Å². The third-order valence-electron chi connectivity index (χ3n) is 3.53. The van der Waals surface area contributed by atoms with E-state index in [-0.39, 0.29) is 6.42 Å². The topological polar surface area (TPSA) is 61.8 Å². The molecule has 17 heavy (non-hydrogen) atoms. The standard InChI is InChI=1S/C12H22N2O3/c15-12(16)4-3-10-8-14(6-5-13-10)9-11-2-1-7-17-11/h10-11,13H,1-9H2,(H,15,16). The van der Waals surface area contributed by atoms with Crippen LogP contribution in [0, 0.1) is 0 Å². The van der Waals surface area contributed by atoms with Crippen molar-refractivity contribution in [1.29, 1.82) is 0 Å². The van der Waals surface area contributed by atoms with Crippen LogP contribution in [-0.4, -0.2) is 60.9 Å².